The van der Waals surface area contributed by atoms with Crippen molar-refractivity contribution >= 4 is 0 Å². The average molecular weight is 206 g/mol. The lowest BCUT2D eigenvalue weighted by molar-refractivity contribution is 0.214. The highest BCUT2D eigenvalue weighted by molar-refractivity contribution is 5.08. The molecular formula is C15H26. The van der Waals surface area contributed by atoms with Gasteiger partial charge in [0.15, 0.2) is 0 Å². The highest BCUT2D eigenvalue weighted by atomic mass is 14.6. The van der Waals surface area contributed by atoms with Crippen LogP contribution in [0.25, 0.3) is 0 Å². The highest BCUT2D eigenvalue weighted by Crippen LogP contribution is 2.67. The van der Waals surface area contributed by atoms with Gasteiger partial charge < -0.3 is 0 Å². The topological polar surface area (TPSA) is 0 Å². The van der Waals surface area contributed by atoms with Crippen LogP contribution in [-0.4, -0.2) is 0 Å². The zero-order valence-corrected chi connectivity index (χ0v) is 10.6. The molecule has 0 amide bonds. The number of rotatable bonds is 3. The van der Waals surface area contributed by atoms with Crippen LogP contribution >= 0.6 is 0 Å². The van der Waals surface area contributed by atoms with Gasteiger partial charge in [-0.2, -0.15) is 0 Å². The van der Waals surface area contributed by atoms with E-state index < -0.39 is 0 Å². The van der Waals surface area contributed by atoms with E-state index in [1.807, 2.05) is 0 Å². The van der Waals surface area contributed by atoms with Crippen molar-refractivity contribution in [3.63, 3.8) is 0 Å². The van der Waals surface area contributed by atoms with E-state index in [1.165, 1.54) is 30.6 Å². The second-order valence-corrected chi connectivity index (χ2v) is 6.59. The maximum absolute atomic E-state index is 2.50. The van der Waals surface area contributed by atoms with Gasteiger partial charge >= 0.3 is 0 Å². The van der Waals surface area contributed by atoms with Crippen LogP contribution in [0, 0.1) is 41.4 Å². The maximum atomic E-state index is 2.50. The number of hydrogen-bond donors (Lipinski definition) is 0. The van der Waals surface area contributed by atoms with Gasteiger partial charge in [-0.25, -0.2) is 0 Å². The van der Waals surface area contributed by atoms with Crippen molar-refractivity contribution in [2.24, 2.45) is 41.4 Å². The van der Waals surface area contributed by atoms with Crippen LogP contribution in [-0.2, 0) is 0 Å². The van der Waals surface area contributed by atoms with Crippen molar-refractivity contribution in [3.05, 3.63) is 0 Å². The molecule has 15 heavy (non-hydrogen) atoms. The van der Waals surface area contributed by atoms with Crippen LogP contribution in [0.1, 0.15) is 52.9 Å². The van der Waals surface area contributed by atoms with Crippen molar-refractivity contribution in [1.29, 1.82) is 0 Å². The molecule has 0 heterocycles. The summed E-state index contributed by atoms with van der Waals surface area (Å²) in [7, 11) is 0. The standard InChI is InChI=1S/C15H26/c1-4-9(3)13-8-11-6-10-7-14(10)15(11)12(13)5-2/h9-15H,4-8H2,1-3H3. The smallest absolute Gasteiger partial charge is 0.0323 e. The Morgan fingerprint density at radius 2 is 1.87 bits per heavy atom. The summed E-state index contributed by atoms with van der Waals surface area (Å²) in [5.74, 6) is 7.86. The normalized spacial score (nSPS) is 53.8. The molecule has 0 spiro atoms. The average Bonchev–Trinajstić information content (AvgIpc) is 2.76. The summed E-state index contributed by atoms with van der Waals surface area (Å²) in [6.07, 6.45) is 7.66. The molecule has 0 heteroatoms. The Morgan fingerprint density at radius 1 is 1.07 bits per heavy atom. The third kappa shape index (κ3) is 1.40. The van der Waals surface area contributed by atoms with Crippen molar-refractivity contribution in [3.8, 4) is 0 Å². The summed E-state index contributed by atoms with van der Waals surface area (Å²) in [5.41, 5.74) is 0. The SMILES string of the molecule is CCC(C)C1CC2CC3CC3C2C1CC. The van der Waals surface area contributed by atoms with Gasteiger partial charge in [0.2, 0.25) is 0 Å². The zero-order chi connectivity index (χ0) is 10.6. The Labute approximate surface area is 94.8 Å². The van der Waals surface area contributed by atoms with E-state index in [9.17, 15) is 0 Å². The van der Waals surface area contributed by atoms with Gasteiger partial charge in [0.25, 0.3) is 0 Å². The van der Waals surface area contributed by atoms with Crippen LogP contribution in [0.3, 0.4) is 0 Å². The third-order valence-electron chi connectivity index (χ3n) is 6.09. The van der Waals surface area contributed by atoms with E-state index in [1.54, 1.807) is 19.3 Å². The first-order valence-electron chi connectivity index (χ1n) is 7.26. The van der Waals surface area contributed by atoms with Gasteiger partial charge in [0.05, 0.1) is 0 Å². The van der Waals surface area contributed by atoms with E-state index >= 15 is 0 Å². The molecule has 0 nitrogen and oxygen atoms in total. The van der Waals surface area contributed by atoms with Gasteiger partial charge in [-0.3, -0.25) is 0 Å². The van der Waals surface area contributed by atoms with E-state index in [0.717, 1.165) is 23.7 Å². The lowest BCUT2D eigenvalue weighted by atomic mass is 9.78. The Kier molecular flexibility index (Phi) is 2.37. The highest BCUT2D eigenvalue weighted by Gasteiger charge is 2.59. The summed E-state index contributed by atoms with van der Waals surface area (Å²) in [6, 6.07) is 0. The molecule has 0 aromatic carbocycles. The molecule has 0 saturated heterocycles. The van der Waals surface area contributed by atoms with Crippen molar-refractivity contribution < 1.29 is 0 Å². The largest absolute Gasteiger partial charge is 0.0651 e. The predicted octanol–water partition coefficient (Wildman–Crippen LogP) is 4.35. The molecule has 3 rings (SSSR count). The minimum Gasteiger partial charge on any atom is -0.0651 e. The number of fused-ring (bicyclic) bond motifs is 3. The first-order chi connectivity index (χ1) is 7.26. The van der Waals surface area contributed by atoms with Crippen molar-refractivity contribution in [2.45, 2.75) is 52.9 Å². The van der Waals surface area contributed by atoms with Crippen LogP contribution in [0.2, 0.25) is 0 Å². The molecule has 0 N–H and O–H groups in total. The Morgan fingerprint density at radius 3 is 2.53 bits per heavy atom. The van der Waals surface area contributed by atoms with Gasteiger partial charge in [-0.05, 0) is 60.7 Å². The van der Waals surface area contributed by atoms with Crippen LogP contribution in [0.5, 0.6) is 0 Å². The Balaban J connectivity index is 1.77. The maximum Gasteiger partial charge on any atom is -0.0323 e. The molecule has 3 aliphatic carbocycles. The van der Waals surface area contributed by atoms with Gasteiger partial charge in [0, 0.05) is 0 Å². The van der Waals surface area contributed by atoms with E-state index in [2.05, 4.69) is 20.8 Å². The zero-order valence-electron chi connectivity index (χ0n) is 10.6. The second kappa shape index (κ2) is 3.50. The Bertz CT molecular complexity index is 244. The summed E-state index contributed by atoms with van der Waals surface area (Å²) in [5, 5.41) is 0. The van der Waals surface area contributed by atoms with Crippen LogP contribution in [0.4, 0.5) is 0 Å². The van der Waals surface area contributed by atoms with Crippen molar-refractivity contribution in [2.75, 3.05) is 0 Å². The third-order valence-corrected chi connectivity index (χ3v) is 6.09. The lowest BCUT2D eigenvalue weighted by Gasteiger charge is -2.27. The number of hydrogen-bond acceptors (Lipinski definition) is 0. The minimum atomic E-state index is 0.984. The first kappa shape index (κ1) is 10.2. The molecule has 86 valence electrons. The molecule has 0 aromatic heterocycles. The lowest BCUT2D eigenvalue weighted by Crippen LogP contribution is -2.21. The predicted molar refractivity (Wildman–Crippen MR) is 64.5 cm³/mol. The van der Waals surface area contributed by atoms with Gasteiger partial charge in [0.1, 0.15) is 0 Å². The molecule has 7 atom stereocenters. The molecule has 0 aliphatic heterocycles. The van der Waals surface area contributed by atoms with Gasteiger partial charge in [-0.1, -0.05) is 33.6 Å². The molecule has 7 unspecified atom stereocenters. The first-order valence-corrected chi connectivity index (χ1v) is 7.26. The molecule has 3 aliphatic rings. The molecule has 0 aromatic rings. The minimum absolute atomic E-state index is 0.984. The van der Waals surface area contributed by atoms with Gasteiger partial charge in [-0.15, -0.1) is 0 Å². The molecular weight excluding hydrogens is 180 g/mol. The molecule has 0 radical (unpaired) electrons. The second-order valence-electron chi connectivity index (χ2n) is 6.59. The molecule has 3 saturated carbocycles. The fraction of sp³-hybridized carbons (Fsp3) is 1.00. The van der Waals surface area contributed by atoms with E-state index in [-0.39, 0.29) is 0 Å². The van der Waals surface area contributed by atoms with Crippen LogP contribution in [0.15, 0.2) is 0 Å². The van der Waals surface area contributed by atoms with Crippen molar-refractivity contribution in [1.82, 2.24) is 0 Å². The summed E-state index contributed by atoms with van der Waals surface area (Å²) in [4.78, 5) is 0. The summed E-state index contributed by atoms with van der Waals surface area (Å²) < 4.78 is 0. The summed E-state index contributed by atoms with van der Waals surface area (Å²) >= 11 is 0. The molecule has 3 fully saturated rings. The molecule has 0 bridgehead atoms. The Hall–Kier alpha value is 0. The monoisotopic (exact) mass is 206 g/mol. The fourth-order valence-electron chi connectivity index (χ4n) is 5.17. The van der Waals surface area contributed by atoms with Crippen LogP contribution < -0.4 is 0 Å². The fourth-order valence-corrected chi connectivity index (χ4v) is 5.17. The van der Waals surface area contributed by atoms with E-state index in [4.69, 9.17) is 0 Å². The quantitative estimate of drug-likeness (QED) is 0.644. The summed E-state index contributed by atoms with van der Waals surface area (Å²) in [6.45, 7) is 7.32. The van der Waals surface area contributed by atoms with E-state index in [0.29, 0.717) is 0 Å².